The van der Waals surface area contributed by atoms with Crippen molar-refractivity contribution in [2.75, 3.05) is 0 Å². The average molecular weight is 333 g/mol. The summed E-state index contributed by atoms with van der Waals surface area (Å²) in [5.74, 6) is 0. The zero-order valence-electron chi connectivity index (χ0n) is 17.2. The highest BCUT2D eigenvalue weighted by molar-refractivity contribution is 5.59. The van der Waals surface area contributed by atoms with Crippen LogP contribution >= 0.6 is 0 Å². The van der Waals surface area contributed by atoms with Crippen molar-refractivity contribution in [1.82, 2.24) is 0 Å². The minimum Gasteiger partial charge on any atom is -0.0990 e. The molecule has 0 aromatic carbocycles. The first kappa shape index (κ1) is 33.7. The molecular formula is C24H44. The van der Waals surface area contributed by atoms with E-state index in [4.69, 9.17) is 0 Å². The first-order valence-corrected chi connectivity index (χ1v) is 8.74. The van der Waals surface area contributed by atoms with Gasteiger partial charge in [-0.1, -0.05) is 111 Å². The van der Waals surface area contributed by atoms with Gasteiger partial charge in [0, 0.05) is 0 Å². The maximum atomic E-state index is 3.85. The van der Waals surface area contributed by atoms with Crippen molar-refractivity contribution >= 4 is 0 Å². The smallest absolute Gasteiger partial charge is 0.0113 e. The molecule has 24 heavy (non-hydrogen) atoms. The van der Waals surface area contributed by atoms with Gasteiger partial charge in [0.25, 0.3) is 0 Å². The summed E-state index contributed by atoms with van der Waals surface area (Å²) in [6.07, 6.45) is 13.7. The van der Waals surface area contributed by atoms with Crippen molar-refractivity contribution in [2.24, 2.45) is 0 Å². The Balaban J connectivity index is -0.000000153. The molecule has 0 aromatic rings. The Kier molecular flexibility index (Phi) is 41.0. The summed E-state index contributed by atoms with van der Waals surface area (Å²) >= 11 is 0. The number of hydrogen-bond donors (Lipinski definition) is 0. The van der Waals surface area contributed by atoms with Gasteiger partial charge in [-0.3, -0.25) is 0 Å². The van der Waals surface area contributed by atoms with Crippen LogP contribution in [0.2, 0.25) is 0 Å². The maximum Gasteiger partial charge on any atom is -0.0113 e. The molecule has 140 valence electrons. The first-order chi connectivity index (χ1) is 11.2. The van der Waals surface area contributed by atoms with Crippen molar-refractivity contribution in [3.63, 3.8) is 0 Å². The molecule has 0 N–H and O–H groups in total. The summed E-state index contributed by atoms with van der Waals surface area (Å²) in [5, 5.41) is 0. The lowest BCUT2D eigenvalue weighted by Crippen LogP contribution is -1.93. The van der Waals surface area contributed by atoms with Gasteiger partial charge in [0.05, 0.1) is 0 Å². The van der Waals surface area contributed by atoms with Crippen molar-refractivity contribution in [2.45, 2.75) is 69.7 Å². The number of rotatable bonds is 6. The summed E-state index contributed by atoms with van der Waals surface area (Å²) in [4.78, 5) is 0. The number of hydrogen-bond acceptors (Lipinski definition) is 0. The highest BCUT2D eigenvalue weighted by Crippen LogP contribution is 2.25. The van der Waals surface area contributed by atoms with Gasteiger partial charge in [0.15, 0.2) is 0 Å². The zero-order chi connectivity index (χ0) is 19.3. The van der Waals surface area contributed by atoms with Crippen LogP contribution in [0.25, 0.3) is 0 Å². The third-order valence-corrected chi connectivity index (χ3v) is 2.48. The van der Waals surface area contributed by atoms with Crippen LogP contribution in [0.15, 0.2) is 84.6 Å². The molecule has 0 aliphatic rings. The second-order valence-corrected chi connectivity index (χ2v) is 3.56. The maximum absolute atomic E-state index is 3.85. The van der Waals surface area contributed by atoms with E-state index in [-0.39, 0.29) is 7.43 Å². The Morgan fingerprint density at radius 1 is 0.792 bits per heavy atom. The van der Waals surface area contributed by atoms with Gasteiger partial charge in [-0.05, 0) is 43.1 Å². The molecule has 0 spiro atoms. The SMILES string of the molecule is C.C=C/C=C(C(\C=C)=C/C)/C(/C=C\C)=C(\C)C=C.CC.CC.CC. The molecule has 0 fully saturated rings. The van der Waals surface area contributed by atoms with E-state index in [1.165, 1.54) is 0 Å². The summed E-state index contributed by atoms with van der Waals surface area (Å²) < 4.78 is 0. The van der Waals surface area contributed by atoms with Crippen LogP contribution in [0.5, 0.6) is 0 Å². The van der Waals surface area contributed by atoms with Gasteiger partial charge in [-0.15, -0.1) is 0 Å². The van der Waals surface area contributed by atoms with E-state index in [2.05, 4.69) is 32.7 Å². The molecule has 0 radical (unpaired) electrons. The summed E-state index contributed by atoms with van der Waals surface area (Å²) in [5.41, 5.74) is 4.50. The molecule has 0 heteroatoms. The fraction of sp³-hybridized carbons (Fsp3) is 0.417. The first-order valence-electron chi connectivity index (χ1n) is 8.74. The summed E-state index contributed by atoms with van der Waals surface area (Å²) in [6.45, 7) is 29.5. The molecule has 0 aliphatic heterocycles. The summed E-state index contributed by atoms with van der Waals surface area (Å²) in [7, 11) is 0. The van der Waals surface area contributed by atoms with Gasteiger partial charge in [0.2, 0.25) is 0 Å². The zero-order valence-corrected chi connectivity index (χ0v) is 17.2. The Labute approximate surface area is 154 Å². The Morgan fingerprint density at radius 2 is 1.25 bits per heavy atom. The van der Waals surface area contributed by atoms with E-state index < -0.39 is 0 Å². The Hall–Kier alpha value is -1.82. The quantitative estimate of drug-likeness (QED) is 0.425. The second-order valence-electron chi connectivity index (χ2n) is 3.56. The highest BCUT2D eigenvalue weighted by Gasteiger charge is 2.06. The standard InChI is InChI=1S/C17H22.3C2H6.CH4/c1-7-12-16(14(6)9-3)17(13-8-2)15(10-4)11-5;3*1-2;/h7-13H,2-4H2,1,5-6H3;3*1-2H3;1H4/b12-7-,15-11-,16-14+,17-13+;;;;. The van der Waals surface area contributed by atoms with Crippen molar-refractivity contribution in [3.05, 3.63) is 84.6 Å². The van der Waals surface area contributed by atoms with E-state index >= 15 is 0 Å². The largest absolute Gasteiger partial charge is 0.0990 e. The average Bonchev–Trinajstić information content (AvgIpc) is 2.64. The monoisotopic (exact) mass is 332 g/mol. The fourth-order valence-corrected chi connectivity index (χ4v) is 1.55. The van der Waals surface area contributed by atoms with Gasteiger partial charge >= 0.3 is 0 Å². The van der Waals surface area contributed by atoms with Crippen LogP contribution in [-0.4, -0.2) is 0 Å². The third-order valence-electron chi connectivity index (χ3n) is 2.48. The molecule has 0 heterocycles. The normalized spacial score (nSPS) is 11.0. The van der Waals surface area contributed by atoms with Crippen molar-refractivity contribution in [3.8, 4) is 0 Å². The molecule has 0 saturated carbocycles. The summed E-state index contributed by atoms with van der Waals surface area (Å²) in [6, 6.07) is 0. The van der Waals surface area contributed by atoms with E-state index in [1.54, 1.807) is 6.08 Å². The predicted molar refractivity (Wildman–Crippen MR) is 121 cm³/mol. The van der Waals surface area contributed by atoms with E-state index in [0.717, 1.165) is 22.3 Å². The lowest BCUT2D eigenvalue weighted by atomic mass is 9.93. The Bertz CT molecular complexity index is 409. The van der Waals surface area contributed by atoms with Gasteiger partial charge in [-0.2, -0.15) is 0 Å². The molecule has 0 nitrogen and oxygen atoms in total. The molecule has 0 rings (SSSR count). The van der Waals surface area contributed by atoms with E-state index in [1.807, 2.05) is 85.8 Å². The van der Waals surface area contributed by atoms with Crippen LogP contribution in [0.4, 0.5) is 0 Å². The van der Waals surface area contributed by atoms with Crippen LogP contribution in [0.3, 0.4) is 0 Å². The van der Waals surface area contributed by atoms with E-state index in [9.17, 15) is 0 Å². The van der Waals surface area contributed by atoms with Crippen LogP contribution in [0.1, 0.15) is 69.7 Å². The van der Waals surface area contributed by atoms with Gasteiger partial charge < -0.3 is 0 Å². The topological polar surface area (TPSA) is 0 Å². The molecule has 0 aromatic heterocycles. The fourth-order valence-electron chi connectivity index (χ4n) is 1.55. The lowest BCUT2D eigenvalue weighted by molar-refractivity contribution is 1.35. The lowest BCUT2D eigenvalue weighted by Gasteiger charge is -2.12. The molecule has 0 aliphatic carbocycles. The van der Waals surface area contributed by atoms with E-state index in [0.29, 0.717) is 0 Å². The minimum absolute atomic E-state index is 0. The second kappa shape index (κ2) is 29.2. The van der Waals surface area contributed by atoms with Gasteiger partial charge in [0.1, 0.15) is 0 Å². The van der Waals surface area contributed by atoms with Crippen molar-refractivity contribution in [1.29, 1.82) is 0 Å². The van der Waals surface area contributed by atoms with Gasteiger partial charge in [-0.25, -0.2) is 0 Å². The number of allylic oxidation sites excluding steroid dienone is 11. The molecule has 0 bridgehead atoms. The van der Waals surface area contributed by atoms with Crippen LogP contribution in [-0.2, 0) is 0 Å². The molecular weight excluding hydrogens is 288 g/mol. The van der Waals surface area contributed by atoms with Crippen LogP contribution in [0, 0.1) is 0 Å². The van der Waals surface area contributed by atoms with Crippen LogP contribution < -0.4 is 0 Å². The molecule has 0 saturated heterocycles. The minimum atomic E-state index is 0. The highest BCUT2D eigenvalue weighted by atomic mass is 14.1. The molecule has 0 unspecified atom stereocenters. The Morgan fingerprint density at radius 3 is 1.50 bits per heavy atom. The molecule has 0 amide bonds. The third kappa shape index (κ3) is 15.1. The van der Waals surface area contributed by atoms with Crippen molar-refractivity contribution < 1.29 is 0 Å². The molecule has 0 atom stereocenters. The predicted octanol–water partition coefficient (Wildman–Crippen LogP) is 9.02.